The quantitative estimate of drug-likeness (QED) is 0.766. The Bertz CT molecular complexity index is 690. The number of halogens is 1. The van der Waals surface area contributed by atoms with E-state index in [1.54, 1.807) is 29.0 Å². The van der Waals surface area contributed by atoms with Gasteiger partial charge in [-0.25, -0.2) is 9.97 Å². The summed E-state index contributed by atoms with van der Waals surface area (Å²) >= 11 is 6.95. The van der Waals surface area contributed by atoms with Crippen LogP contribution >= 0.6 is 38.6 Å². The van der Waals surface area contributed by atoms with Gasteiger partial charge in [0.05, 0.1) is 16.8 Å². The first-order chi connectivity index (χ1) is 8.75. The fraction of sp³-hybridized carbons (Fsp3) is 0.167. The van der Waals surface area contributed by atoms with E-state index in [1.807, 2.05) is 0 Å². The topological polar surface area (TPSA) is 37.8 Å². The Labute approximate surface area is 121 Å². The molecular weight excluding hydrogens is 330 g/mol. The Morgan fingerprint density at radius 1 is 1.33 bits per heavy atom. The molecule has 0 aliphatic carbocycles. The van der Waals surface area contributed by atoms with Gasteiger partial charge in [-0.2, -0.15) is 0 Å². The number of nitrogens with one attached hydrogen (secondary N) is 1. The van der Waals surface area contributed by atoms with E-state index in [9.17, 15) is 0 Å². The second kappa shape index (κ2) is 4.95. The van der Waals surface area contributed by atoms with Crippen LogP contribution < -0.4 is 5.32 Å². The number of hydrogen-bond acceptors (Lipinski definition) is 5. The van der Waals surface area contributed by atoms with Crippen LogP contribution in [0.1, 0.15) is 10.4 Å². The minimum atomic E-state index is 0.779. The maximum atomic E-state index is 4.33. The van der Waals surface area contributed by atoms with Crippen LogP contribution in [-0.4, -0.2) is 9.97 Å². The summed E-state index contributed by atoms with van der Waals surface area (Å²) in [5, 5.41) is 7.58. The zero-order valence-electron chi connectivity index (χ0n) is 9.61. The van der Waals surface area contributed by atoms with Crippen LogP contribution in [0.25, 0.3) is 10.2 Å². The summed E-state index contributed by atoms with van der Waals surface area (Å²) in [6.45, 7) is 2.85. The van der Waals surface area contributed by atoms with Crippen molar-refractivity contribution in [3.8, 4) is 0 Å². The lowest BCUT2D eigenvalue weighted by Crippen LogP contribution is -2.00. The van der Waals surface area contributed by atoms with E-state index >= 15 is 0 Å². The maximum Gasteiger partial charge on any atom is 0.147 e. The van der Waals surface area contributed by atoms with Gasteiger partial charge in [0.2, 0.25) is 0 Å². The molecule has 0 unspecified atom stereocenters. The van der Waals surface area contributed by atoms with Crippen molar-refractivity contribution in [2.75, 3.05) is 5.32 Å². The molecule has 0 amide bonds. The van der Waals surface area contributed by atoms with E-state index in [0.717, 1.165) is 27.1 Å². The Balaban J connectivity index is 1.89. The molecule has 0 atom stereocenters. The molecule has 1 N–H and O–H groups in total. The van der Waals surface area contributed by atoms with Gasteiger partial charge >= 0.3 is 0 Å². The number of hydrogen-bond donors (Lipinski definition) is 1. The third-order valence-corrected chi connectivity index (χ3v) is 5.66. The molecule has 0 radical (unpaired) electrons. The Kier molecular flexibility index (Phi) is 3.32. The third-order valence-electron chi connectivity index (χ3n) is 2.64. The summed E-state index contributed by atoms with van der Waals surface area (Å²) in [4.78, 5) is 9.92. The largest absolute Gasteiger partial charge is 0.364 e. The number of aryl methyl sites for hydroxylation is 1. The van der Waals surface area contributed by atoms with Gasteiger partial charge in [-0.1, -0.05) is 0 Å². The highest BCUT2D eigenvalue weighted by Crippen LogP contribution is 2.29. The zero-order valence-corrected chi connectivity index (χ0v) is 12.8. The van der Waals surface area contributed by atoms with E-state index in [-0.39, 0.29) is 0 Å². The van der Waals surface area contributed by atoms with Crippen LogP contribution in [0, 0.1) is 6.92 Å². The molecule has 3 aromatic rings. The lowest BCUT2D eigenvalue weighted by Gasteiger charge is -2.05. The second-order valence-electron chi connectivity index (χ2n) is 3.86. The lowest BCUT2D eigenvalue weighted by atomic mass is 10.3. The van der Waals surface area contributed by atoms with Crippen molar-refractivity contribution in [3.05, 3.63) is 38.1 Å². The van der Waals surface area contributed by atoms with Gasteiger partial charge in [0.1, 0.15) is 12.1 Å². The number of thiophene rings is 2. The molecule has 0 saturated carbocycles. The van der Waals surface area contributed by atoms with Crippen LogP contribution in [0.3, 0.4) is 0 Å². The predicted octanol–water partition coefficient (Wildman–Crippen LogP) is 4.44. The van der Waals surface area contributed by atoms with Gasteiger partial charge in [0.15, 0.2) is 0 Å². The average Bonchev–Trinajstić information content (AvgIpc) is 2.95. The van der Waals surface area contributed by atoms with E-state index in [4.69, 9.17) is 0 Å². The highest BCUT2D eigenvalue weighted by molar-refractivity contribution is 9.10. The summed E-state index contributed by atoms with van der Waals surface area (Å²) < 4.78 is 2.27. The third kappa shape index (κ3) is 2.15. The number of fused-ring (bicyclic) bond motifs is 1. The molecule has 0 spiro atoms. The molecular formula is C12H10BrN3S2. The highest BCUT2D eigenvalue weighted by Gasteiger charge is 2.08. The molecule has 0 aliphatic rings. The maximum absolute atomic E-state index is 4.33. The summed E-state index contributed by atoms with van der Waals surface area (Å²) in [6, 6.07) is 2.06. The molecule has 92 valence electrons. The molecule has 0 aliphatic heterocycles. The Morgan fingerprint density at radius 3 is 3.00 bits per heavy atom. The van der Waals surface area contributed by atoms with E-state index in [0.29, 0.717) is 0 Å². The van der Waals surface area contributed by atoms with Gasteiger partial charge in [-0.05, 0) is 45.2 Å². The van der Waals surface area contributed by atoms with Crippen molar-refractivity contribution in [1.29, 1.82) is 0 Å². The van der Waals surface area contributed by atoms with Gasteiger partial charge in [-0.15, -0.1) is 22.7 Å². The molecule has 0 fully saturated rings. The average molecular weight is 340 g/mol. The van der Waals surface area contributed by atoms with Gasteiger partial charge in [-0.3, -0.25) is 0 Å². The van der Waals surface area contributed by atoms with Gasteiger partial charge in [0.25, 0.3) is 0 Å². The monoisotopic (exact) mass is 339 g/mol. The normalized spacial score (nSPS) is 11.0. The van der Waals surface area contributed by atoms with Crippen molar-refractivity contribution >= 4 is 54.6 Å². The van der Waals surface area contributed by atoms with E-state index < -0.39 is 0 Å². The zero-order chi connectivity index (χ0) is 12.5. The number of nitrogens with zero attached hydrogens (tertiary/aromatic N) is 2. The standard InChI is InChI=1S/C12H10BrN3S2/c1-7-5-18-11-10(7)15-6-16-12(11)14-4-9-8(13)2-3-17-9/h2-3,5-6H,4H2,1H3,(H,14,15,16). The number of rotatable bonds is 3. The van der Waals surface area contributed by atoms with Crippen LogP contribution in [0.15, 0.2) is 27.6 Å². The minimum Gasteiger partial charge on any atom is -0.364 e. The van der Waals surface area contributed by atoms with E-state index in [2.05, 4.69) is 55.0 Å². The fourth-order valence-electron chi connectivity index (χ4n) is 1.71. The van der Waals surface area contributed by atoms with Gasteiger partial charge in [0, 0.05) is 9.35 Å². The van der Waals surface area contributed by atoms with Crippen LogP contribution in [0.4, 0.5) is 5.82 Å². The first kappa shape index (κ1) is 12.1. The van der Waals surface area contributed by atoms with Crippen LogP contribution in [0.5, 0.6) is 0 Å². The molecule has 0 bridgehead atoms. The Morgan fingerprint density at radius 2 is 2.22 bits per heavy atom. The van der Waals surface area contributed by atoms with Crippen molar-refractivity contribution in [1.82, 2.24) is 9.97 Å². The van der Waals surface area contributed by atoms with E-state index in [1.165, 1.54) is 10.4 Å². The first-order valence-electron chi connectivity index (χ1n) is 5.40. The molecule has 0 saturated heterocycles. The second-order valence-corrected chi connectivity index (χ2v) is 6.60. The predicted molar refractivity (Wildman–Crippen MR) is 81.5 cm³/mol. The summed E-state index contributed by atoms with van der Waals surface area (Å²) in [7, 11) is 0. The SMILES string of the molecule is Cc1csc2c(NCc3sccc3Br)ncnc12. The molecule has 3 nitrogen and oxygen atoms in total. The molecule has 3 heterocycles. The number of anilines is 1. The number of aromatic nitrogens is 2. The lowest BCUT2D eigenvalue weighted by molar-refractivity contribution is 1.12. The molecule has 6 heteroatoms. The van der Waals surface area contributed by atoms with Crippen molar-refractivity contribution in [2.24, 2.45) is 0 Å². The van der Waals surface area contributed by atoms with Crippen LogP contribution in [0.2, 0.25) is 0 Å². The van der Waals surface area contributed by atoms with Crippen LogP contribution in [-0.2, 0) is 6.54 Å². The molecule has 3 rings (SSSR count). The molecule has 18 heavy (non-hydrogen) atoms. The minimum absolute atomic E-state index is 0.779. The summed E-state index contributed by atoms with van der Waals surface area (Å²) in [6.07, 6.45) is 1.62. The summed E-state index contributed by atoms with van der Waals surface area (Å²) in [5.74, 6) is 0.915. The Hall–Kier alpha value is -0.980. The highest BCUT2D eigenvalue weighted by atomic mass is 79.9. The van der Waals surface area contributed by atoms with Crippen molar-refractivity contribution in [2.45, 2.75) is 13.5 Å². The molecule has 3 aromatic heterocycles. The fourth-order valence-corrected chi connectivity index (χ4v) is 4.11. The molecule has 0 aromatic carbocycles. The smallest absolute Gasteiger partial charge is 0.147 e. The first-order valence-corrected chi connectivity index (χ1v) is 7.95. The van der Waals surface area contributed by atoms with Crippen molar-refractivity contribution < 1.29 is 0 Å². The summed E-state index contributed by atoms with van der Waals surface area (Å²) in [5.41, 5.74) is 2.25. The van der Waals surface area contributed by atoms with Crippen molar-refractivity contribution in [3.63, 3.8) is 0 Å². The van der Waals surface area contributed by atoms with Gasteiger partial charge < -0.3 is 5.32 Å².